The van der Waals surface area contributed by atoms with Crippen molar-refractivity contribution in [3.05, 3.63) is 29.8 Å². The molecule has 1 aliphatic rings. The number of benzene rings is 1. The van der Waals surface area contributed by atoms with Crippen LogP contribution in [0.15, 0.2) is 24.3 Å². The van der Waals surface area contributed by atoms with Gasteiger partial charge in [0.2, 0.25) is 5.91 Å². The van der Waals surface area contributed by atoms with Crippen molar-refractivity contribution in [1.82, 2.24) is 10.6 Å². The van der Waals surface area contributed by atoms with Crippen molar-refractivity contribution in [2.24, 2.45) is 5.92 Å². The molecule has 1 aromatic rings. The Bertz CT molecular complexity index is 560. The van der Waals surface area contributed by atoms with Crippen LogP contribution in [0, 0.1) is 5.92 Å². The molecule has 1 fully saturated rings. The second-order valence-corrected chi connectivity index (χ2v) is 6.60. The molecule has 2 rings (SSSR count). The number of rotatable bonds is 7. The van der Waals surface area contributed by atoms with E-state index in [-0.39, 0.29) is 11.9 Å². The summed E-state index contributed by atoms with van der Waals surface area (Å²) in [6, 6.07) is 6.99. The zero-order valence-corrected chi connectivity index (χ0v) is 15.1. The quantitative estimate of drug-likeness (QED) is 0.664. The van der Waals surface area contributed by atoms with Crippen molar-refractivity contribution in [3.63, 3.8) is 0 Å². The van der Waals surface area contributed by atoms with Crippen LogP contribution >= 0.6 is 0 Å². The van der Waals surface area contributed by atoms with Gasteiger partial charge in [0.25, 0.3) is 0 Å². The van der Waals surface area contributed by atoms with Crippen molar-refractivity contribution in [2.45, 2.75) is 45.1 Å². The maximum absolute atomic E-state index is 11.9. The predicted molar refractivity (Wildman–Crippen MR) is 98.6 cm³/mol. The van der Waals surface area contributed by atoms with Crippen molar-refractivity contribution in [2.75, 3.05) is 25.5 Å². The van der Waals surface area contributed by atoms with Gasteiger partial charge >= 0.3 is 6.03 Å². The summed E-state index contributed by atoms with van der Waals surface area (Å²) in [5.41, 5.74) is 1.60. The molecule has 1 aliphatic carbocycles. The van der Waals surface area contributed by atoms with E-state index in [4.69, 9.17) is 4.74 Å². The number of ether oxygens (including phenoxy) is 1. The average Bonchev–Trinajstić information content (AvgIpc) is 2.61. The molecule has 0 radical (unpaired) electrons. The molecule has 6 nitrogen and oxygen atoms in total. The Balaban J connectivity index is 1.65. The highest BCUT2D eigenvalue weighted by atomic mass is 16.5. The summed E-state index contributed by atoms with van der Waals surface area (Å²) in [6.45, 7) is 3.26. The van der Waals surface area contributed by atoms with E-state index < -0.39 is 0 Å². The molecular weight excluding hydrogens is 318 g/mol. The number of hydrogen-bond donors (Lipinski definition) is 3. The Hall–Kier alpha value is -2.08. The topological polar surface area (TPSA) is 79.5 Å². The Labute approximate surface area is 149 Å². The van der Waals surface area contributed by atoms with E-state index in [1.54, 1.807) is 19.2 Å². The molecule has 0 unspecified atom stereocenters. The molecule has 6 heteroatoms. The van der Waals surface area contributed by atoms with Crippen LogP contribution in [-0.4, -0.2) is 38.2 Å². The molecule has 2 atom stereocenters. The molecule has 0 bridgehead atoms. The largest absolute Gasteiger partial charge is 0.376 e. The first kappa shape index (κ1) is 19.2. The Morgan fingerprint density at radius 3 is 2.56 bits per heavy atom. The van der Waals surface area contributed by atoms with Gasteiger partial charge < -0.3 is 20.7 Å². The lowest BCUT2D eigenvalue weighted by Crippen LogP contribution is -2.34. The number of amides is 3. The number of carbonyl (C=O) groups is 2. The lowest BCUT2D eigenvalue weighted by Gasteiger charge is -2.28. The van der Waals surface area contributed by atoms with Gasteiger partial charge in [0.1, 0.15) is 0 Å². The normalized spacial score (nSPS) is 19.9. The summed E-state index contributed by atoms with van der Waals surface area (Å²) in [4.78, 5) is 23.2. The monoisotopic (exact) mass is 347 g/mol. The first-order chi connectivity index (χ1) is 12.1. The SMILES string of the molecule is CNC(=O)Cc1ccc(NC(=O)NCCO[C@@H]2CCCC[C@@H]2C)cc1. The van der Waals surface area contributed by atoms with Gasteiger partial charge in [0.15, 0.2) is 0 Å². The lowest BCUT2D eigenvalue weighted by atomic mass is 9.88. The molecule has 0 aromatic heterocycles. The van der Waals surface area contributed by atoms with Gasteiger partial charge in [-0.05, 0) is 36.5 Å². The average molecular weight is 347 g/mol. The van der Waals surface area contributed by atoms with E-state index in [0.29, 0.717) is 37.3 Å². The highest BCUT2D eigenvalue weighted by Crippen LogP contribution is 2.25. The highest BCUT2D eigenvalue weighted by Gasteiger charge is 2.21. The van der Waals surface area contributed by atoms with Gasteiger partial charge in [-0.2, -0.15) is 0 Å². The van der Waals surface area contributed by atoms with Crippen molar-refractivity contribution in [1.29, 1.82) is 0 Å². The van der Waals surface area contributed by atoms with E-state index in [9.17, 15) is 9.59 Å². The van der Waals surface area contributed by atoms with Crippen LogP contribution in [-0.2, 0) is 16.0 Å². The summed E-state index contributed by atoms with van der Waals surface area (Å²) < 4.78 is 5.88. The fourth-order valence-corrected chi connectivity index (χ4v) is 3.06. The van der Waals surface area contributed by atoms with Crippen LogP contribution in [0.4, 0.5) is 10.5 Å². The third-order valence-electron chi connectivity index (χ3n) is 4.61. The third kappa shape index (κ3) is 6.74. The summed E-state index contributed by atoms with van der Waals surface area (Å²) in [5.74, 6) is 0.571. The molecule has 1 saturated carbocycles. The molecule has 0 aliphatic heterocycles. The number of urea groups is 1. The summed E-state index contributed by atoms with van der Waals surface area (Å²) in [6.07, 6.45) is 5.54. The first-order valence-corrected chi connectivity index (χ1v) is 9.04. The van der Waals surface area contributed by atoms with E-state index >= 15 is 0 Å². The Kier molecular flexibility index (Phi) is 7.73. The van der Waals surface area contributed by atoms with E-state index in [1.165, 1.54) is 19.3 Å². The van der Waals surface area contributed by atoms with E-state index in [0.717, 1.165) is 12.0 Å². The van der Waals surface area contributed by atoms with Crippen LogP contribution in [0.25, 0.3) is 0 Å². The maximum atomic E-state index is 11.9. The zero-order chi connectivity index (χ0) is 18.1. The first-order valence-electron chi connectivity index (χ1n) is 9.04. The molecule has 138 valence electrons. The van der Waals surface area contributed by atoms with Crippen LogP contribution < -0.4 is 16.0 Å². The second kappa shape index (κ2) is 10.0. The van der Waals surface area contributed by atoms with E-state index in [1.807, 2.05) is 12.1 Å². The summed E-state index contributed by atoms with van der Waals surface area (Å²) in [7, 11) is 1.61. The zero-order valence-electron chi connectivity index (χ0n) is 15.1. The van der Waals surface area contributed by atoms with Crippen LogP contribution in [0.3, 0.4) is 0 Å². The fourth-order valence-electron chi connectivity index (χ4n) is 3.06. The maximum Gasteiger partial charge on any atom is 0.319 e. The van der Waals surface area contributed by atoms with Crippen molar-refractivity contribution < 1.29 is 14.3 Å². The molecule has 3 N–H and O–H groups in total. The highest BCUT2D eigenvalue weighted by molar-refractivity contribution is 5.89. The molecule has 1 aromatic carbocycles. The van der Waals surface area contributed by atoms with Gasteiger partial charge in [0, 0.05) is 19.3 Å². The van der Waals surface area contributed by atoms with Crippen LogP contribution in [0.5, 0.6) is 0 Å². The third-order valence-corrected chi connectivity index (χ3v) is 4.61. The molecule has 3 amide bonds. The van der Waals surface area contributed by atoms with Crippen LogP contribution in [0.2, 0.25) is 0 Å². The van der Waals surface area contributed by atoms with Crippen molar-refractivity contribution in [3.8, 4) is 0 Å². The van der Waals surface area contributed by atoms with Gasteiger partial charge in [-0.25, -0.2) is 4.79 Å². The molecule has 0 spiro atoms. The van der Waals surface area contributed by atoms with Gasteiger partial charge in [-0.3, -0.25) is 4.79 Å². The van der Waals surface area contributed by atoms with Crippen molar-refractivity contribution >= 4 is 17.6 Å². The minimum atomic E-state index is -0.251. The Morgan fingerprint density at radius 2 is 1.88 bits per heavy atom. The molecule has 0 saturated heterocycles. The number of likely N-dealkylation sites (N-methyl/N-ethyl adjacent to an activating group) is 1. The number of hydrogen-bond acceptors (Lipinski definition) is 3. The van der Waals surface area contributed by atoms with Gasteiger partial charge in [-0.15, -0.1) is 0 Å². The molecule has 0 heterocycles. The minimum absolute atomic E-state index is 0.0364. The molecule has 25 heavy (non-hydrogen) atoms. The van der Waals surface area contributed by atoms with E-state index in [2.05, 4.69) is 22.9 Å². The molecular formula is C19H29N3O3. The van der Waals surface area contributed by atoms with Gasteiger partial charge in [-0.1, -0.05) is 31.9 Å². The van der Waals surface area contributed by atoms with Gasteiger partial charge in [0.05, 0.1) is 19.1 Å². The number of carbonyl (C=O) groups excluding carboxylic acids is 2. The standard InChI is InChI=1S/C19H29N3O3/c1-14-5-3-4-6-17(14)25-12-11-21-19(24)22-16-9-7-15(8-10-16)13-18(23)20-2/h7-10,14,17H,3-6,11-13H2,1-2H3,(H,20,23)(H2,21,22,24)/t14-,17+/m0/s1. The fraction of sp³-hybridized carbons (Fsp3) is 0.579. The predicted octanol–water partition coefficient (Wildman–Crippen LogP) is 2.69. The number of nitrogens with one attached hydrogen (secondary N) is 3. The number of anilines is 1. The summed E-state index contributed by atoms with van der Waals surface area (Å²) >= 11 is 0. The second-order valence-electron chi connectivity index (χ2n) is 6.60. The van der Waals surface area contributed by atoms with Crippen LogP contribution in [0.1, 0.15) is 38.2 Å². The summed E-state index contributed by atoms with van der Waals surface area (Å²) in [5, 5.41) is 8.16. The smallest absolute Gasteiger partial charge is 0.319 e. The lowest BCUT2D eigenvalue weighted by molar-refractivity contribution is -0.119. The minimum Gasteiger partial charge on any atom is -0.376 e. The Morgan fingerprint density at radius 1 is 1.16 bits per heavy atom.